The highest BCUT2D eigenvalue weighted by atomic mass is 28.4. The van der Waals surface area contributed by atoms with Crippen molar-refractivity contribution in [2.75, 3.05) is 11.9 Å². The molecule has 0 unspecified atom stereocenters. The first-order chi connectivity index (χ1) is 13.4. The lowest BCUT2D eigenvalue weighted by atomic mass is 10.2. The fourth-order valence-corrected chi connectivity index (χ4v) is 3.97. The van der Waals surface area contributed by atoms with Crippen molar-refractivity contribution >= 4 is 28.0 Å². The van der Waals surface area contributed by atoms with Crippen molar-refractivity contribution in [2.24, 2.45) is 0 Å². The number of ether oxygens (including phenoxy) is 1. The zero-order valence-corrected chi connectivity index (χ0v) is 21.4. The molecule has 0 radical (unpaired) electrons. The number of aromatic nitrogens is 3. The largest absolute Gasteiger partial charge is 0.411 e. The standard InChI is InChI=1S/C21H38N4O2Si2/c1-21(2,3)29(7,8)27-16-18-10-9-11-19(22-18)23-20-12-13-25(24-20)17-26-14-15-28(4,5)6/h9-13H,14-17H2,1-8H3,(H,22,23,24). The predicted molar refractivity (Wildman–Crippen MR) is 126 cm³/mol. The Hall–Kier alpha value is -1.49. The van der Waals surface area contributed by atoms with Crippen molar-refractivity contribution in [1.82, 2.24) is 14.8 Å². The molecule has 0 saturated heterocycles. The van der Waals surface area contributed by atoms with Crippen LogP contribution < -0.4 is 5.32 Å². The number of hydrogen-bond donors (Lipinski definition) is 1. The second kappa shape index (κ2) is 9.55. The lowest BCUT2D eigenvalue weighted by Gasteiger charge is -2.36. The molecule has 0 aliphatic rings. The van der Waals surface area contributed by atoms with E-state index in [1.54, 1.807) is 4.68 Å². The lowest BCUT2D eigenvalue weighted by Crippen LogP contribution is -2.40. The molecule has 162 valence electrons. The molecule has 0 bridgehead atoms. The monoisotopic (exact) mass is 434 g/mol. The summed E-state index contributed by atoms with van der Waals surface area (Å²) in [6.45, 7) is 20.1. The van der Waals surface area contributed by atoms with Gasteiger partial charge in [-0.2, -0.15) is 5.10 Å². The van der Waals surface area contributed by atoms with Gasteiger partial charge >= 0.3 is 0 Å². The normalized spacial score (nSPS) is 13.0. The third kappa shape index (κ3) is 8.04. The molecular weight excluding hydrogens is 396 g/mol. The summed E-state index contributed by atoms with van der Waals surface area (Å²) in [5.41, 5.74) is 0.925. The van der Waals surface area contributed by atoms with Crippen LogP contribution in [0, 0.1) is 0 Å². The molecule has 8 heteroatoms. The van der Waals surface area contributed by atoms with E-state index in [-0.39, 0.29) is 5.04 Å². The Morgan fingerprint density at radius 3 is 2.41 bits per heavy atom. The molecule has 0 aliphatic heterocycles. The maximum Gasteiger partial charge on any atom is 0.192 e. The van der Waals surface area contributed by atoms with Crippen molar-refractivity contribution in [3.63, 3.8) is 0 Å². The molecule has 1 N–H and O–H groups in total. The molecule has 2 rings (SSSR count). The van der Waals surface area contributed by atoms with Crippen molar-refractivity contribution in [1.29, 1.82) is 0 Å². The summed E-state index contributed by atoms with van der Waals surface area (Å²) in [6, 6.07) is 9.04. The summed E-state index contributed by atoms with van der Waals surface area (Å²) in [5, 5.41) is 7.97. The van der Waals surface area contributed by atoms with Crippen LogP contribution in [0.5, 0.6) is 0 Å². The minimum Gasteiger partial charge on any atom is -0.411 e. The first-order valence-electron chi connectivity index (χ1n) is 10.3. The average molecular weight is 435 g/mol. The zero-order valence-electron chi connectivity index (χ0n) is 19.4. The summed E-state index contributed by atoms with van der Waals surface area (Å²) in [6.07, 6.45) is 1.92. The highest BCUT2D eigenvalue weighted by Crippen LogP contribution is 2.37. The molecule has 2 heterocycles. The maximum absolute atomic E-state index is 6.28. The molecule has 0 aromatic carbocycles. The molecular formula is C21H38N4O2Si2. The molecule has 2 aromatic rings. The van der Waals surface area contributed by atoms with Crippen LogP contribution in [0.15, 0.2) is 30.5 Å². The third-order valence-electron chi connectivity index (χ3n) is 5.31. The van der Waals surface area contributed by atoms with Crippen LogP contribution in [-0.4, -0.2) is 37.8 Å². The third-order valence-corrected chi connectivity index (χ3v) is 11.5. The number of rotatable bonds is 10. The van der Waals surface area contributed by atoms with Gasteiger partial charge in [0.15, 0.2) is 14.1 Å². The van der Waals surface area contributed by atoms with E-state index < -0.39 is 16.4 Å². The van der Waals surface area contributed by atoms with Crippen molar-refractivity contribution in [2.45, 2.75) is 77.9 Å². The summed E-state index contributed by atoms with van der Waals surface area (Å²) in [7, 11) is -2.85. The Morgan fingerprint density at radius 1 is 1.03 bits per heavy atom. The van der Waals surface area contributed by atoms with Crippen LogP contribution in [0.4, 0.5) is 11.6 Å². The van der Waals surface area contributed by atoms with Gasteiger partial charge in [-0.1, -0.05) is 46.5 Å². The van der Waals surface area contributed by atoms with Gasteiger partial charge in [0.05, 0.1) is 12.3 Å². The van der Waals surface area contributed by atoms with Crippen molar-refractivity contribution in [3.05, 3.63) is 36.2 Å². The molecule has 0 atom stereocenters. The summed E-state index contributed by atoms with van der Waals surface area (Å²) >= 11 is 0. The van der Waals surface area contributed by atoms with Crippen LogP contribution in [0.25, 0.3) is 0 Å². The Balaban J connectivity index is 1.88. The number of nitrogens with one attached hydrogen (secondary N) is 1. The van der Waals surface area contributed by atoms with E-state index in [1.807, 2.05) is 30.5 Å². The van der Waals surface area contributed by atoms with E-state index in [4.69, 9.17) is 9.16 Å². The van der Waals surface area contributed by atoms with E-state index in [0.29, 0.717) is 13.3 Å². The Kier molecular flexibility index (Phi) is 7.83. The first-order valence-corrected chi connectivity index (χ1v) is 17.0. The molecule has 0 amide bonds. The Bertz CT molecular complexity index is 779. The average Bonchev–Trinajstić information content (AvgIpc) is 3.03. The smallest absolute Gasteiger partial charge is 0.192 e. The number of pyridine rings is 1. The predicted octanol–water partition coefficient (Wildman–Crippen LogP) is 5.86. The highest BCUT2D eigenvalue weighted by molar-refractivity contribution is 6.76. The fourth-order valence-electron chi connectivity index (χ4n) is 2.27. The number of anilines is 2. The van der Waals surface area contributed by atoms with E-state index in [9.17, 15) is 0 Å². The van der Waals surface area contributed by atoms with Gasteiger partial charge < -0.3 is 14.5 Å². The summed E-state index contributed by atoms with van der Waals surface area (Å²) < 4.78 is 13.8. The van der Waals surface area contributed by atoms with E-state index in [1.165, 1.54) is 0 Å². The summed E-state index contributed by atoms with van der Waals surface area (Å²) in [4.78, 5) is 4.68. The van der Waals surface area contributed by atoms with Crippen LogP contribution in [0.2, 0.25) is 43.8 Å². The van der Waals surface area contributed by atoms with Gasteiger partial charge in [-0.15, -0.1) is 0 Å². The Morgan fingerprint density at radius 2 is 1.76 bits per heavy atom. The first kappa shape index (κ1) is 23.8. The van der Waals surface area contributed by atoms with E-state index >= 15 is 0 Å². The van der Waals surface area contributed by atoms with Gasteiger partial charge in [0.1, 0.15) is 12.5 Å². The molecule has 0 spiro atoms. The Labute approximate surface area is 178 Å². The van der Waals surface area contributed by atoms with Gasteiger partial charge in [-0.3, -0.25) is 0 Å². The zero-order chi connectivity index (χ0) is 21.7. The molecule has 0 saturated carbocycles. The molecule has 2 aromatic heterocycles. The minimum absolute atomic E-state index is 0.187. The quantitative estimate of drug-likeness (QED) is 0.375. The molecule has 6 nitrogen and oxygen atoms in total. The van der Waals surface area contributed by atoms with E-state index in [2.05, 4.69) is 68.9 Å². The fraction of sp³-hybridized carbons (Fsp3) is 0.619. The summed E-state index contributed by atoms with van der Waals surface area (Å²) in [5.74, 6) is 1.53. The topological polar surface area (TPSA) is 61.2 Å². The lowest BCUT2D eigenvalue weighted by molar-refractivity contribution is 0.0788. The maximum atomic E-state index is 6.28. The van der Waals surface area contributed by atoms with Gasteiger partial charge in [-0.05, 0) is 36.3 Å². The second-order valence-electron chi connectivity index (χ2n) is 10.3. The van der Waals surface area contributed by atoms with Crippen LogP contribution >= 0.6 is 0 Å². The van der Waals surface area contributed by atoms with Gasteiger partial charge in [0.2, 0.25) is 0 Å². The van der Waals surface area contributed by atoms with Crippen molar-refractivity contribution in [3.8, 4) is 0 Å². The van der Waals surface area contributed by atoms with Crippen molar-refractivity contribution < 1.29 is 9.16 Å². The van der Waals surface area contributed by atoms with Crippen LogP contribution in [-0.2, 0) is 22.5 Å². The second-order valence-corrected chi connectivity index (χ2v) is 20.7. The van der Waals surface area contributed by atoms with Gasteiger partial charge in [-0.25, -0.2) is 9.67 Å². The van der Waals surface area contributed by atoms with E-state index in [0.717, 1.165) is 30.0 Å². The molecule has 0 fully saturated rings. The number of nitrogens with zero attached hydrogens (tertiary/aromatic N) is 3. The molecule has 0 aliphatic carbocycles. The SMILES string of the molecule is CC(C)(C)[Si](C)(C)OCc1cccc(Nc2ccn(COCC[Si](C)(C)C)n2)n1. The molecule has 29 heavy (non-hydrogen) atoms. The highest BCUT2D eigenvalue weighted by Gasteiger charge is 2.37. The van der Waals surface area contributed by atoms with Crippen LogP contribution in [0.1, 0.15) is 26.5 Å². The van der Waals surface area contributed by atoms with Crippen LogP contribution in [0.3, 0.4) is 0 Å². The van der Waals surface area contributed by atoms with Gasteiger partial charge in [0.25, 0.3) is 0 Å². The number of hydrogen-bond acceptors (Lipinski definition) is 5. The minimum atomic E-state index is -1.79. The van der Waals surface area contributed by atoms with Gasteiger partial charge in [0, 0.05) is 26.9 Å².